The Hall–Kier alpha value is -2.34. The second-order valence-corrected chi connectivity index (χ2v) is 5.45. The maximum atomic E-state index is 5.56. The quantitative estimate of drug-likeness (QED) is 0.510. The molecule has 2 aromatic heterocycles. The van der Waals surface area contributed by atoms with Crippen LogP contribution in [0, 0.1) is 13.8 Å². The van der Waals surface area contributed by atoms with Crippen molar-refractivity contribution in [2.24, 2.45) is 5.10 Å². The average molecular weight is 285 g/mol. The Kier molecular flexibility index (Phi) is 3.15. The van der Waals surface area contributed by atoms with Crippen LogP contribution in [0.3, 0.4) is 0 Å². The molecule has 0 aliphatic heterocycles. The summed E-state index contributed by atoms with van der Waals surface area (Å²) in [6.07, 6.45) is 1.79. The van der Waals surface area contributed by atoms with Gasteiger partial charge in [-0.15, -0.1) is 11.3 Å². The minimum absolute atomic E-state index is 0.505. The van der Waals surface area contributed by atoms with Crippen molar-refractivity contribution in [3.8, 4) is 0 Å². The zero-order chi connectivity index (χ0) is 14.1. The topological polar surface area (TPSA) is 79.1 Å². The number of aromatic nitrogens is 2. The Labute approximate surface area is 120 Å². The molecule has 0 amide bonds. The molecular formula is C14H15N5S. The number of nitrogen functional groups attached to an aromatic ring is 1. The summed E-state index contributed by atoms with van der Waals surface area (Å²) in [6, 6.07) is 6.17. The number of hydrogen-bond donors (Lipinski definition) is 3. The first kappa shape index (κ1) is 12.7. The van der Waals surface area contributed by atoms with Crippen molar-refractivity contribution in [2.75, 3.05) is 11.2 Å². The lowest BCUT2D eigenvalue weighted by molar-refractivity contribution is 1.25. The Bertz CT molecular complexity index is 784. The number of aromatic amines is 1. The molecule has 3 aromatic rings. The van der Waals surface area contributed by atoms with Gasteiger partial charge in [-0.2, -0.15) is 5.10 Å². The normalized spacial score (nSPS) is 11.5. The Balaban J connectivity index is 1.89. The highest BCUT2D eigenvalue weighted by Gasteiger charge is 2.06. The zero-order valence-corrected chi connectivity index (χ0v) is 12.1. The first-order valence-corrected chi connectivity index (χ1v) is 7.11. The molecule has 2 heterocycles. The van der Waals surface area contributed by atoms with Crippen LogP contribution in [0.2, 0.25) is 0 Å². The van der Waals surface area contributed by atoms with Crippen molar-refractivity contribution in [1.29, 1.82) is 0 Å². The third-order valence-corrected chi connectivity index (χ3v) is 4.03. The van der Waals surface area contributed by atoms with Crippen molar-refractivity contribution in [1.82, 2.24) is 9.97 Å². The third-order valence-electron chi connectivity index (χ3n) is 3.26. The number of rotatable bonds is 3. The highest BCUT2D eigenvalue weighted by Crippen LogP contribution is 2.23. The molecule has 0 spiro atoms. The molecule has 5 nitrogen and oxygen atoms in total. The van der Waals surface area contributed by atoms with Crippen LogP contribution in [0.4, 0.5) is 10.9 Å². The van der Waals surface area contributed by atoms with Crippen LogP contribution < -0.4 is 11.2 Å². The molecule has 0 fully saturated rings. The lowest BCUT2D eigenvalue weighted by atomic mass is 10.1. The van der Waals surface area contributed by atoms with Gasteiger partial charge in [0.2, 0.25) is 5.13 Å². The van der Waals surface area contributed by atoms with E-state index < -0.39 is 0 Å². The molecule has 0 saturated carbocycles. The number of hydrazone groups is 1. The van der Waals surface area contributed by atoms with Gasteiger partial charge in [-0.05, 0) is 19.4 Å². The summed E-state index contributed by atoms with van der Waals surface area (Å²) in [4.78, 5) is 7.48. The fourth-order valence-electron chi connectivity index (χ4n) is 2.11. The Morgan fingerprint density at radius 3 is 3.00 bits per heavy atom. The molecule has 0 unspecified atom stereocenters. The number of aryl methyl sites for hydroxylation is 2. The second kappa shape index (κ2) is 4.97. The first-order valence-electron chi connectivity index (χ1n) is 6.23. The van der Waals surface area contributed by atoms with Crippen LogP contribution in [0.15, 0.2) is 28.7 Å². The fourth-order valence-corrected chi connectivity index (χ4v) is 2.66. The minimum atomic E-state index is 0.505. The molecule has 0 radical (unpaired) electrons. The van der Waals surface area contributed by atoms with Gasteiger partial charge in [0, 0.05) is 22.0 Å². The number of para-hydroxylation sites is 1. The highest BCUT2D eigenvalue weighted by molar-refractivity contribution is 7.14. The number of nitrogens with zero attached hydrogens (tertiary/aromatic N) is 2. The standard InChI is InChI=1S/C14H15N5S/c1-8-9(2)17-13-10(4-3-5-11(8)13)6-16-19-14-18-12(15)7-20-14/h3-7,17H,15H2,1-2H3,(H,18,19). The zero-order valence-electron chi connectivity index (χ0n) is 11.3. The second-order valence-electron chi connectivity index (χ2n) is 4.59. The highest BCUT2D eigenvalue weighted by atomic mass is 32.1. The van der Waals surface area contributed by atoms with Gasteiger partial charge in [-0.1, -0.05) is 18.2 Å². The molecule has 0 aliphatic rings. The molecule has 0 atom stereocenters. The molecular weight excluding hydrogens is 270 g/mol. The van der Waals surface area contributed by atoms with Crippen molar-refractivity contribution < 1.29 is 0 Å². The lowest BCUT2D eigenvalue weighted by Gasteiger charge is -1.97. The van der Waals surface area contributed by atoms with Gasteiger partial charge in [0.15, 0.2) is 0 Å². The molecule has 102 valence electrons. The van der Waals surface area contributed by atoms with E-state index in [1.807, 2.05) is 12.1 Å². The molecule has 6 heteroatoms. The molecule has 0 saturated heterocycles. The largest absolute Gasteiger partial charge is 0.383 e. The van der Waals surface area contributed by atoms with E-state index >= 15 is 0 Å². The number of anilines is 2. The van der Waals surface area contributed by atoms with Crippen LogP contribution in [-0.2, 0) is 0 Å². The molecule has 3 rings (SSSR count). The van der Waals surface area contributed by atoms with Crippen molar-refractivity contribution >= 4 is 39.4 Å². The number of fused-ring (bicyclic) bond motifs is 1. The third kappa shape index (κ3) is 2.25. The van der Waals surface area contributed by atoms with Gasteiger partial charge in [0.1, 0.15) is 5.82 Å². The van der Waals surface area contributed by atoms with Gasteiger partial charge in [-0.3, -0.25) is 5.43 Å². The summed E-state index contributed by atoms with van der Waals surface area (Å²) in [7, 11) is 0. The van der Waals surface area contributed by atoms with Crippen LogP contribution in [0.1, 0.15) is 16.8 Å². The summed E-state index contributed by atoms with van der Waals surface area (Å²) >= 11 is 1.43. The summed E-state index contributed by atoms with van der Waals surface area (Å²) < 4.78 is 0. The fraction of sp³-hybridized carbons (Fsp3) is 0.143. The van der Waals surface area contributed by atoms with Crippen molar-refractivity contribution in [2.45, 2.75) is 13.8 Å². The number of nitrogens with two attached hydrogens (primary N) is 1. The van der Waals surface area contributed by atoms with Gasteiger partial charge < -0.3 is 10.7 Å². The minimum Gasteiger partial charge on any atom is -0.383 e. The number of thiazole rings is 1. The van der Waals surface area contributed by atoms with Gasteiger partial charge in [-0.25, -0.2) is 4.98 Å². The van der Waals surface area contributed by atoms with Gasteiger partial charge >= 0.3 is 0 Å². The van der Waals surface area contributed by atoms with Crippen LogP contribution >= 0.6 is 11.3 Å². The van der Waals surface area contributed by atoms with Crippen LogP contribution in [0.5, 0.6) is 0 Å². The Morgan fingerprint density at radius 2 is 2.25 bits per heavy atom. The molecule has 1 aromatic carbocycles. The summed E-state index contributed by atoms with van der Waals surface area (Å²) in [5.41, 5.74) is 13.0. The average Bonchev–Trinajstić information content (AvgIpc) is 2.96. The van der Waals surface area contributed by atoms with E-state index in [4.69, 9.17) is 5.73 Å². The van der Waals surface area contributed by atoms with E-state index in [0.717, 1.165) is 11.1 Å². The number of benzene rings is 1. The van der Waals surface area contributed by atoms with E-state index in [9.17, 15) is 0 Å². The number of nitrogens with one attached hydrogen (secondary N) is 2. The van der Waals surface area contributed by atoms with Crippen LogP contribution in [-0.4, -0.2) is 16.2 Å². The summed E-state index contributed by atoms with van der Waals surface area (Å²) in [5.74, 6) is 0.505. The number of hydrogen-bond acceptors (Lipinski definition) is 5. The predicted octanol–water partition coefficient (Wildman–Crippen LogP) is 3.27. The molecule has 4 N–H and O–H groups in total. The van der Waals surface area contributed by atoms with Crippen molar-refractivity contribution in [3.63, 3.8) is 0 Å². The van der Waals surface area contributed by atoms with Gasteiger partial charge in [0.25, 0.3) is 0 Å². The van der Waals surface area contributed by atoms with E-state index in [1.54, 1.807) is 11.6 Å². The van der Waals surface area contributed by atoms with E-state index in [1.165, 1.54) is 28.0 Å². The van der Waals surface area contributed by atoms with E-state index in [2.05, 4.69) is 40.4 Å². The van der Waals surface area contributed by atoms with Gasteiger partial charge in [0.05, 0.1) is 11.7 Å². The monoisotopic (exact) mass is 285 g/mol. The maximum Gasteiger partial charge on any atom is 0.205 e. The SMILES string of the molecule is Cc1[nH]c2c(C=NNc3nc(N)cs3)cccc2c1C. The molecule has 0 bridgehead atoms. The molecule has 0 aliphatic carbocycles. The summed E-state index contributed by atoms with van der Waals surface area (Å²) in [6.45, 7) is 4.19. The summed E-state index contributed by atoms with van der Waals surface area (Å²) in [5, 5.41) is 7.90. The maximum absolute atomic E-state index is 5.56. The smallest absolute Gasteiger partial charge is 0.205 e. The van der Waals surface area contributed by atoms with Crippen molar-refractivity contribution in [3.05, 3.63) is 40.4 Å². The number of H-pyrrole nitrogens is 1. The van der Waals surface area contributed by atoms with Crippen LogP contribution in [0.25, 0.3) is 10.9 Å². The Morgan fingerprint density at radius 1 is 1.40 bits per heavy atom. The first-order chi connectivity index (χ1) is 9.65. The lowest BCUT2D eigenvalue weighted by Crippen LogP contribution is -1.92. The van der Waals surface area contributed by atoms with E-state index in [0.29, 0.717) is 10.9 Å². The molecule has 20 heavy (non-hydrogen) atoms. The van der Waals surface area contributed by atoms with E-state index in [-0.39, 0.29) is 0 Å². The predicted molar refractivity (Wildman–Crippen MR) is 85.5 cm³/mol.